The maximum Gasteiger partial charge on any atom is 0.223 e. The van der Waals surface area contributed by atoms with Crippen LogP contribution in [0.2, 0.25) is 0 Å². The van der Waals surface area contributed by atoms with Crippen LogP contribution >= 0.6 is 11.3 Å². The number of aliphatic hydroxyl groups excluding tert-OH is 1. The summed E-state index contributed by atoms with van der Waals surface area (Å²) in [6, 6.07) is 2.28. The second kappa shape index (κ2) is 3.57. The minimum absolute atomic E-state index is 0.172. The quantitative estimate of drug-likeness (QED) is 0.730. The second-order valence-corrected chi connectivity index (χ2v) is 4.93. The largest absolute Gasteiger partial charge is 0.393 e. The lowest BCUT2D eigenvalue weighted by Gasteiger charge is -2.32. The van der Waals surface area contributed by atoms with Crippen molar-refractivity contribution >= 4 is 33.3 Å². The fourth-order valence-corrected chi connectivity index (χ4v) is 2.65. The second-order valence-electron chi connectivity index (χ2n) is 4.04. The Morgan fingerprint density at radius 1 is 1.44 bits per heavy atom. The molecule has 0 saturated heterocycles. The van der Waals surface area contributed by atoms with Crippen LogP contribution in [0.4, 0.5) is 11.8 Å². The molecule has 1 saturated carbocycles. The summed E-state index contributed by atoms with van der Waals surface area (Å²) in [6.07, 6.45) is 1.38. The number of nitrogens with one attached hydrogen (secondary N) is 1. The zero-order chi connectivity index (χ0) is 11.1. The molecule has 0 aromatic carbocycles. The fraction of sp³-hybridized carbons (Fsp3) is 0.400. The highest BCUT2D eigenvalue weighted by Crippen LogP contribution is 2.29. The van der Waals surface area contributed by atoms with Gasteiger partial charge in [-0.05, 0) is 24.3 Å². The standard InChI is InChI=1S/C10H12N4OS/c11-10-13-8(12-5-3-6(15)4-5)7-1-2-16-9(7)14-10/h1-2,5-6,15H,3-4H2,(H3,11,12,13,14). The van der Waals surface area contributed by atoms with Crippen LogP contribution in [0.15, 0.2) is 11.4 Å². The summed E-state index contributed by atoms with van der Waals surface area (Å²) in [4.78, 5) is 9.26. The number of hydrogen-bond donors (Lipinski definition) is 3. The zero-order valence-electron chi connectivity index (χ0n) is 8.55. The third-order valence-corrected chi connectivity index (χ3v) is 3.60. The molecule has 0 bridgehead atoms. The summed E-state index contributed by atoms with van der Waals surface area (Å²) < 4.78 is 0. The number of aliphatic hydroxyl groups is 1. The lowest BCUT2D eigenvalue weighted by Crippen LogP contribution is -2.39. The van der Waals surface area contributed by atoms with Gasteiger partial charge in [0.1, 0.15) is 10.6 Å². The van der Waals surface area contributed by atoms with Gasteiger partial charge < -0.3 is 16.2 Å². The molecule has 0 spiro atoms. The Kier molecular flexibility index (Phi) is 2.19. The number of rotatable bonds is 2. The van der Waals surface area contributed by atoms with Gasteiger partial charge in [0, 0.05) is 6.04 Å². The first-order chi connectivity index (χ1) is 7.72. The molecule has 16 heavy (non-hydrogen) atoms. The van der Waals surface area contributed by atoms with Gasteiger partial charge in [-0.1, -0.05) is 0 Å². The number of thiophene rings is 1. The Morgan fingerprint density at radius 3 is 3.00 bits per heavy atom. The molecule has 0 aliphatic heterocycles. The predicted octanol–water partition coefficient (Wildman–Crippen LogP) is 1.21. The van der Waals surface area contributed by atoms with Crippen molar-refractivity contribution in [3.8, 4) is 0 Å². The number of aromatic nitrogens is 2. The average Bonchev–Trinajstić information content (AvgIpc) is 2.62. The van der Waals surface area contributed by atoms with Crippen LogP contribution in [-0.2, 0) is 0 Å². The molecule has 6 heteroatoms. The van der Waals surface area contributed by atoms with E-state index in [-0.39, 0.29) is 12.1 Å². The van der Waals surface area contributed by atoms with E-state index in [1.165, 1.54) is 0 Å². The molecule has 1 aliphatic carbocycles. The monoisotopic (exact) mass is 236 g/mol. The van der Waals surface area contributed by atoms with Crippen LogP contribution in [0.5, 0.6) is 0 Å². The smallest absolute Gasteiger partial charge is 0.223 e. The Labute approximate surface area is 96.3 Å². The summed E-state index contributed by atoms with van der Waals surface area (Å²) >= 11 is 1.55. The van der Waals surface area contributed by atoms with Gasteiger partial charge >= 0.3 is 0 Å². The molecule has 0 atom stereocenters. The molecule has 2 aromatic heterocycles. The van der Waals surface area contributed by atoms with Crippen molar-refractivity contribution < 1.29 is 5.11 Å². The van der Waals surface area contributed by atoms with Crippen molar-refractivity contribution in [1.82, 2.24) is 9.97 Å². The van der Waals surface area contributed by atoms with Gasteiger partial charge in [-0.15, -0.1) is 11.3 Å². The minimum atomic E-state index is -0.172. The Hall–Kier alpha value is -1.40. The third-order valence-electron chi connectivity index (χ3n) is 2.80. The lowest BCUT2D eigenvalue weighted by atomic mass is 9.89. The summed E-state index contributed by atoms with van der Waals surface area (Å²) in [7, 11) is 0. The Bertz CT molecular complexity index is 521. The van der Waals surface area contributed by atoms with Crippen molar-refractivity contribution in [3.63, 3.8) is 0 Å². The van der Waals surface area contributed by atoms with Gasteiger partial charge in [-0.2, -0.15) is 4.98 Å². The highest BCUT2D eigenvalue weighted by Gasteiger charge is 2.27. The normalized spacial score (nSPS) is 24.3. The summed E-state index contributed by atoms with van der Waals surface area (Å²) in [5.41, 5.74) is 5.64. The third kappa shape index (κ3) is 1.60. The molecule has 4 N–H and O–H groups in total. The highest BCUT2D eigenvalue weighted by molar-refractivity contribution is 7.16. The van der Waals surface area contributed by atoms with Crippen LogP contribution in [-0.4, -0.2) is 27.2 Å². The number of hydrogen-bond acceptors (Lipinski definition) is 6. The zero-order valence-corrected chi connectivity index (χ0v) is 9.37. The number of nitrogens with two attached hydrogens (primary N) is 1. The first-order valence-corrected chi connectivity index (χ1v) is 6.05. The van der Waals surface area contributed by atoms with Crippen LogP contribution in [0, 0.1) is 0 Å². The number of anilines is 2. The molecule has 1 fully saturated rings. The van der Waals surface area contributed by atoms with Crippen molar-refractivity contribution in [2.45, 2.75) is 25.0 Å². The van der Waals surface area contributed by atoms with E-state index in [4.69, 9.17) is 5.73 Å². The molecule has 1 aliphatic rings. The van der Waals surface area contributed by atoms with Gasteiger partial charge in [0.05, 0.1) is 11.5 Å². The van der Waals surface area contributed by atoms with E-state index in [9.17, 15) is 5.11 Å². The van der Waals surface area contributed by atoms with Crippen LogP contribution < -0.4 is 11.1 Å². The molecule has 0 radical (unpaired) electrons. The SMILES string of the molecule is Nc1nc(NC2CC(O)C2)c2ccsc2n1. The molecule has 3 rings (SSSR count). The van der Waals surface area contributed by atoms with E-state index in [1.54, 1.807) is 11.3 Å². The summed E-state index contributed by atoms with van der Waals surface area (Å²) in [5, 5.41) is 15.5. The summed E-state index contributed by atoms with van der Waals surface area (Å²) in [5.74, 6) is 1.07. The number of fused-ring (bicyclic) bond motifs is 1. The molecule has 0 amide bonds. The molecule has 2 aromatic rings. The fourth-order valence-electron chi connectivity index (χ4n) is 1.88. The van der Waals surface area contributed by atoms with Gasteiger partial charge in [0.25, 0.3) is 0 Å². The van der Waals surface area contributed by atoms with Crippen LogP contribution in [0.25, 0.3) is 10.2 Å². The van der Waals surface area contributed by atoms with Crippen LogP contribution in [0.1, 0.15) is 12.8 Å². The van der Waals surface area contributed by atoms with E-state index in [1.807, 2.05) is 11.4 Å². The first-order valence-electron chi connectivity index (χ1n) is 5.17. The van der Waals surface area contributed by atoms with Crippen molar-refractivity contribution in [2.75, 3.05) is 11.1 Å². The molecular weight excluding hydrogens is 224 g/mol. The van der Waals surface area contributed by atoms with E-state index in [0.717, 1.165) is 28.9 Å². The Morgan fingerprint density at radius 2 is 2.25 bits per heavy atom. The lowest BCUT2D eigenvalue weighted by molar-refractivity contribution is 0.0836. The van der Waals surface area contributed by atoms with Crippen LogP contribution in [0.3, 0.4) is 0 Å². The molecule has 2 heterocycles. The molecule has 0 unspecified atom stereocenters. The van der Waals surface area contributed by atoms with Crippen molar-refractivity contribution in [2.24, 2.45) is 0 Å². The minimum Gasteiger partial charge on any atom is -0.393 e. The molecule has 5 nitrogen and oxygen atoms in total. The number of nitrogen functional groups attached to an aromatic ring is 1. The maximum atomic E-state index is 9.23. The topological polar surface area (TPSA) is 84.1 Å². The highest BCUT2D eigenvalue weighted by atomic mass is 32.1. The van der Waals surface area contributed by atoms with E-state index < -0.39 is 0 Å². The van der Waals surface area contributed by atoms with E-state index >= 15 is 0 Å². The van der Waals surface area contributed by atoms with Crippen molar-refractivity contribution in [3.05, 3.63) is 11.4 Å². The Balaban J connectivity index is 1.92. The number of nitrogens with zero attached hydrogens (tertiary/aromatic N) is 2. The summed E-state index contributed by atoms with van der Waals surface area (Å²) in [6.45, 7) is 0. The van der Waals surface area contributed by atoms with E-state index in [2.05, 4.69) is 15.3 Å². The van der Waals surface area contributed by atoms with E-state index in [0.29, 0.717) is 6.04 Å². The molecular formula is C10H12N4OS. The van der Waals surface area contributed by atoms with Gasteiger partial charge in [-0.25, -0.2) is 4.98 Å². The average molecular weight is 236 g/mol. The first kappa shape index (κ1) is 9.80. The molecule has 84 valence electrons. The van der Waals surface area contributed by atoms with Gasteiger partial charge in [-0.3, -0.25) is 0 Å². The predicted molar refractivity (Wildman–Crippen MR) is 64.5 cm³/mol. The van der Waals surface area contributed by atoms with Crippen molar-refractivity contribution in [1.29, 1.82) is 0 Å². The van der Waals surface area contributed by atoms with Gasteiger partial charge in [0.15, 0.2) is 0 Å². The van der Waals surface area contributed by atoms with Gasteiger partial charge in [0.2, 0.25) is 5.95 Å². The maximum absolute atomic E-state index is 9.23.